The van der Waals surface area contributed by atoms with Gasteiger partial charge < -0.3 is 18.8 Å². The highest BCUT2D eigenvalue weighted by Gasteiger charge is 2.36. The first-order valence-electron chi connectivity index (χ1n) is 10.3. The van der Waals surface area contributed by atoms with E-state index in [0.717, 1.165) is 30.2 Å². The summed E-state index contributed by atoms with van der Waals surface area (Å²) < 4.78 is 29.9. The number of nitrogens with zero attached hydrogens (tertiary/aromatic N) is 2. The average molecular weight is 419 g/mol. The van der Waals surface area contributed by atoms with Crippen LogP contribution < -0.4 is 0 Å². The van der Waals surface area contributed by atoms with Crippen LogP contribution in [0.25, 0.3) is 0 Å². The van der Waals surface area contributed by atoms with E-state index >= 15 is 0 Å². The lowest BCUT2D eigenvalue weighted by atomic mass is 9.88. The third kappa shape index (κ3) is 5.90. The molecule has 0 unspecified atom stereocenters. The van der Waals surface area contributed by atoms with Gasteiger partial charge in [-0.3, -0.25) is 9.69 Å². The summed E-state index contributed by atoms with van der Waals surface area (Å²) in [6, 6.07) is 10.7. The van der Waals surface area contributed by atoms with Gasteiger partial charge in [-0.2, -0.15) is 0 Å². The van der Waals surface area contributed by atoms with E-state index in [1.54, 1.807) is 24.1 Å². The van der Waals surface area contributed by atoms with Crippen LogP contribution in [0.2, 0.25) is 0 Å². The Balaban J connectivity index is 1.78. The van der Waals surface area contributed by atoms with E-state index in [-0.39, 0.29) is 30.2 Å². The van der Waals surface area contributed by atoms with Crippen LogP contribution in [-0.2, 0) is 20.8 Å². The molecule has 0 spiro atoms. The molecule has 2 aromatic rings. The molecule has 0 saturated carbocycles. The fraction of sp³-hybridized carbons (Fsp3) is 0.522. The van der Waals surface area contributed by atoms with Crippen molar-refractivity contribution in [2.24, 2.45) is 5.92 Å². The normalized spacial score (nSPS) is 19.3. The van der Waals surface area contributed by atoms with E-state index in [1.165, 1.54) is 13.2 Å². The molecule has 2 heterocycles. The maximum Gasteiger partial charge on any atom is 0.248 e. The lowest BCUT2D eigenvalue weighted by molar-refractivity contribution is -0.136. The van der Waals surface area contributed by atoms with Crippen LogP contribution in [0, 0.1) is 18.7 Å². The molecule has 2 atom stereocenters. The molecule has 0 bridgehead atoms. The minimum Gasteiger partial charge on any atom is -0.465 e. The highest BCUT2D eigenvalue weighted by Crippen LogP contribution is 2.34. The van der Waals surface area contributed by atoms with Gasteiger partial charge in [-0.05, 0) is 42.7 Å². The summed E-state index contributed by atoms with van der Waals surface area (Å²) in [5, 5.41) is 0. The third-order valence-electron chi connectivity index (χ3n) is 5.61. The zero-order valence-corrected chi connectivity index (χ0v) is 18.0. The molecule has 164 valence electrons. The molecular formula is C23H31FN2O4. The second-order valence-corrected chi connectivity index (χ2v) is 7.89. The minimum absolute atomic E-state index is 0.0381. The Bertz CT molecular complexity index is 825. The molecule has 0 N–H and O–H groups in total. The van der Waals surface area contributed by atoms with Gasteiger partial charge in [0.1, 0.15) is 23.9 Å². The van der Waals surface area contributed by atoms with Crippen molar-refractivity contribution in [2.45, 2.75) is 19.4 Å². The largest absolute Gasteiger partial charge is 0.465 e. The first-order valence-corrected chi connectivity index (χ1v) is 10.3. The van der Waals surface area contributed by atoms with Crippen molar-refractivity contribution in [1.29, 1.82) is 0 Å². The van der Waals surface area contributed by atoms with Crippen molar-refractivity contribution in [3.8, 4) is 0 Å². The summed E-state index contributed by atoms with van der Waals surface area (Å²) in [5.41, 5.74) is 0.962. The van der Waals surface area contributed by atoms with Crippen molar-refractivity contribution in [1.82, 2.24) is 9.80 Å². The molecule has 30 heavy (non-hydrogen) atoms. The van der Waals surface area contributed by atoms with Crippen LogP contribution in [0.4, 0.5) is 4.39 Å². The van der Waals surface area contributed by atoms with Crippen LogP contribution in [0.1, 0.15) is 23.0 Å². The molecule has 1 aromatic heterocycles. The lowest BCUT2D eigenvalue weighted by Crippen LogP contribution is -2.41. The molecule has 1 aliphatic heterocycles. The fourth-order valence-corrected chi connectivity index (χ4v) is 4.20. The van der Waals surface area contributed by atoms with Crippen molar-refractivity contribution in [3.63, 3.8) is 0 Å². The summed E-state index contributed by atoms with van der Waals surface area (Å²) in [7, 11) is 3.14. The van der Waals surface area contributed by atoms with Gasteiger partial charge in [0.05, 0.1) is 13.2 Å². The topological polar surface area (TPSA) is 55.2 Å². The monoisotopic (exact) mass is 418 g/mol. The zero-order valence-electron chi connectivity index (χ0n) is 18.0. The Morgan fingerprint density at radius 3 is 2.73 bits per heavy atom. The molecule has 0 aliphatic carbocycles. The fourth-order valence-electron chi connectivity index (χ4n) is 4.20. The summed E-state index contributed by atoms with van der Waals surface area (Å²) >= 11 is 0. The molecule has 0 radical (unpaired) electrons. The lowest BCUT2D eigenvalue weighted by Gasteiger charge is -2.28. The van der Waals surface area contributed by atoms with Crippen LogP contribution in [0.15, 0.2) is 40.8 Å². The van der Waals surface area contributed by atoms with E-state index in [0.29, 0.717) is 26.2 Å². The van der Waals surface area contributed by atoms with E-state index in [9.17, 15) is 9.18 Å². The van der Waals surface area contributed by atoms with E-state index in [1.807, 2.05) is 25.1 Å². The molecule has 1 fully saturated rings. The zero-order chi connectivity index (χ0) is 21.5. The highest BCUT2D eigenvalue weighted by atomic mass is 19.1. The first kappa shape index (κ1) is 22.5. The third-order valence-corrected chi connectivity index (χ3v) is 5.61. The Labute approximate surface area is 177 Å². The average Bonchev–Trinajstić information content (AvgIpc) is 3.31. The van der Waals surface area contributed by atoms with Gasteiger partial charge >= 0.3 is 0 Å². The second kappa shape index (κ2) is 10.7. The Hall–Kier alpha value is -2.22. The van der Waals surface area contributed by atoms with Crippen LogP contribution >= 0.6 is 0 Å². The number of halogens is 1. The molecule has 6 nitrogen and oxygen atoms in total. The smallest absolute Gasteiger partial charge is 0.248 e. The molecule has 1 aromatic carbocycles. The highest BCUT2D eigenvalue weighted by molar-refractivity contribution is 5.77. The molecule has 1 amide bonds. The summed E-state index contributed by atoms with van der Waals surface area (Å²) in [5.74, 6) is 1.79. The number of carbonyl (C=O) groups excluding carboxylic acids is 1. The number of hydrogen-bond acceptors (Lipinski definition) is 5. The number of methoxy groups -OCH3 is 2. The maximum atomic E-state index is 13.9. The van der Waals surface area contributed by atoms with Gasteiger partial charge in [0, 0.05) is 46.3 Å². The molecule has 3 rings (SSSR count). The number of furan rings is 1. The number of benzene rings is 1. The quantitative estimate of drug-likeness (QED) is 0.594. The Morgan fingerprint density at radius 1 is 1.23 bits per heavy atom. The van der Waals surface area contributed by atoms with E-state index in [2.05, 4.69) is 4.90 Å². The van der Waals surface area contributed by atoms with Gasteiger partial charge in [-0.15, -0.1) is 0 Å². The van der Waals surface area contributed by atoms with Crippen LogP contribution in [0.3, 0.4) is 0 Å². The van der Waals surface area contributed by atoms with Crippen LogP contribution in [0.5, 0.6) is 0 Å². The predicted octanol–water partition coefficient (Wildman–Crippen LogP) is 3.06. The molecule has 1 saturated heterocycles. The number of carbonyl (C=O) groups is 1. The Morgan fingerprint density at radius 2 is 2.07 bits per heavy atom. The van der Waals surface area contributed by atoms with E-state index in [4.69, 9.17) is 13.9 Å². The molecule has 1 aliphatic rings. The number of amides is 1. The number of likely N-dealkylation sites (tertiary alicyclic amines) is 1. The second-order valence-electron chi connectivity index (χ2n) is 7.89. The number of aryl methyl sites for hydroxylation is 1. The number of hydrogen-bond donors (Lipinski definition) is 0. The van der Waals surface area contributed by atoms with Gasteiger partial charge in [-0.1, -0.05) is 12.1 Å². The number of ether oxygens (including phenoxy) is 2. The summed E-state index contributed by atoms with van der Waals surface area (Å²) in [4.78, 5) is 16.7. The van der Waals surface area contributed by atoms with Gasteiger partial charge in [0.2, 0.25) is 5.91 Å². The van der Waals surface area contributed by atoms with Crippen molar-refractivity contribution in [2.75, 3.05) is 53.6 Å². The summed E-state index contributed by atoms with van der Waals surface area (Å²) in [6.45, 7) is 5.78. The molecular weight excluding hydrogens is 387 g/mol. The van der Waals surface area contributed by atoms with E-state index < -0.39 is 0 Å². The maximum absolute atomic E-state index is 13.9. The Kier molecular flexibility index (Phi) is 8.01. The predicted molar refractivity (Wildman–Crippen MR) is 112 cm³/mol. The van der Waals surface area contributed by atoms with Gasteiger partial charge in [-0.25, -0.2) is 4.39 Å². The van der Waals surface area contributed by atoms with Gasteiger partial charge in [0.15, 0.2) is 0 Å². The molecule has 7 heteroatoms. The number of rotatable bonds is 10. The van der Waals surface area contributed by atoms with Crippen molar-refractivity contribution >= 4 is 5.91 Å². The van der Waals surface area contributed by atoms with Crippen molar-refractivity contribution in [3.05, 3.63) is 59.3 Å². The summed E-state index contributed by atoms with van der Waals surface area (Å²) in [6.07, 6.45) is 0. The first-order chi connectivity index (χ1) is 14.5. The van der Waals surface area contributed by atoms with Crippen molar-refractivity contribution < 1.29 is 23.1 Å². The van der Waals surface area contributed by atoms with Gasteiger partial charge in [0.25, 0.3) is 0 Å². The van der Waals surface area contributed by atoms with Crippen LogP contribution in [-0.4, -0.2) is 69.3 Å². The standard InChI is InChI=1S/C23H31FN2O4/c1-17-7-8-21(30-17)14-25-12-19(13-26(9-10-28-2)23(27)16-29-3)22(15-25)18-5-4-6-20(24)11-18/h4-8,11,19,22H,9-10,12-16H2,1-3H3/t19-,22-/m0/s1. The SMILES string of the molecule is COCCN(C[C@@H]1CN(Cc2ccc(C)o2)C[C@H]1c1cccc(F)c1)C(=O)COC. The minimum atomic E-state index is -0.238.